The fourth-order valence-corrected chi connectivity index (χ4v) is 0. The second-order valence-corrected chi connectivity index (χ2v) is 0.747. The molecule has 0 amide bonds. The minimum absolute atomic E-state index is 0. The lowest BCUT2D eigenvalue weighted by atomic mass is 10.5. The van der Waals surface area contributed by atoms with Gasteiger partial charge in [-0.05, 0) is 0 Å². The Morgan fingerprint density at radius 1 is 1.83 bits per heavy atom. The summed E-state index contributed by atoms with van der Waals surface area (Å²) in [5.41, 5.74) is 0. The lowest BCUT2D eigenvalue weighted by molar-refractivity contribution is -0.136. The van der Waals surface area contributed by atoms with Gasteiger partial charge in [0.05, 0.1) is 0 Å². The average molecular weight is 108 g/mol. The molecule has 0 aliphatic rings. The standard InChI is InChI=1S/C3H6O2.H2S/c1-2-3(4)5;/h2H2,1H3,(H,4,5);1H2. The quantitative estimate of drug-likeness (QED) is 0.534. The van der Waals surface area contributed by atoms with Crippen LogP contribution in [0.3, 0.4) is 0 Å². The second kappa shape index (κ2) is 4.82. The normalized spacial score (nSPS) is 6.17. The lowest BCUT2D eigenvalue weighted by Crippen LogP contribution is -1.86. The van der Waals surface area contributed by atoms with Gasteiger partial charge in [0.25, 0.3) is 0 Å². The van der Waals surface area contributed by atoms with E-state index in [9.17, 15) is 4.79 Å². The average Bonchev–Trinajstić information content (AvgIpc) is 1.38. The van der Waals surface area contributed by atoms with Crippen LogP contribution in [0.4, 0.5) is 0 Å². The molecule has 0 unspecified atom stereocenters. The number of carbonyl (C=O) groups is 1. The van der Waals surface area contributed by atoms with Gasteiger partial charge in [-0.1, -0.05) is 6.92 Å². The summed E-state index contributed by atoms with van der Waals surface area (Å²) >= 11 is 0. The molecule has 0 saturated carbocycles. The van der Waals surface area contributed by atoms with Gasteiger partial charge >= 0.3 is 5.97 Å². The predicted octanol–water partition coefficient (Wildman–Crippen LogP) is 0.594. The molecular formula is C3H8O2S. The van der Waals surface area contributed by atoms with Gasteiger partial charge in [-0.15, -0.1) is 0 Å². The van der Waals surface area contributed by atoms with Crippen molar-refractivity contribution in [3.63, 3.8) is 0 Å². The van der Waals surface area contributed by atoms with Crippen molar-refractivity contribution in [1.82, 2.24) is 0 Å². The van der Waals surface area contributed by atoms with E-state index in [2.05, 4.69) is 0 Å². The largest absolute Gasteiger partial charge is 0.481 e. The second-order valence-electron chi connectivity index (χ2n) is 0.747. The lowest BCUT2D eigenvalue weighted by Gasteiger charge is -1.71. The van der Waals surface area contributed by atoms with E-state index in [1.165, 1.54) is 0 Å². The van der Waals surface area contributed by atoms with Crippen molar-refractivity contribution in [2.75, 3.05) is 0 Å². The van der Waals surface area contributed by atoms with Crippen LogP contribution in [-0.4, -0.2) is 11.1 Å². The number of aliphatic carboxylic acids is 1. The summed E-state index contributed by atoms with van der Waals surface area (Å²) in [6.45, 7) is 1.60. The zero-order valence-electron chi connectivity index (χ0n) is 3.56. The molecule has 0 saturated heterocycles. The Balaban J connectivity index is 0. The zero-order valence-corrected chi connectivity index (χ0v) is 4.56. The molecule has 2 nitrogen and oxygen atoms in total. The molecule has 1 N–H and O–H groups in total. The highest BCUT2D eigenvalue weighted by Gasteiger charge is 1.80. The first-order valence-corrected chi connectivity index (χ1v) is 1.49. The van der Waals surface area contributed by atoms with Crippen LogP contribution in [0.2, 0.25) is 0 Å². The van der Waals surface area contributed by atoms with Crippen molar-refractivity contribution in [2.45, 2.75) is 13.3 Å². The third-order valence-corrected chi connectivity index (χ3v) is 0.302. The van der Waals surface area contributed by atoms with E-state index in [0.29, 0.717) is 0 Å². The molecule has 38 valence electrons. The summed E-state index contributed by atoms with van der Waals surface area (Å²) < 4.78 is 0. The number of rotatable bonds is 1. The zero-order chi connectivity index (χ0) is 4.28. The topological polar surface area (TPSA) is 37.3 Å². The van der Waals surface area contributed by atoms with Crippen molar-refractivity contribution in [3.05, 3.63) is 0 Å². The van der Waals surface area contributed by atoms with Crippen LogP contribution in [-0.2, 0) is 4.79 Å². The van der Waals surface area contributed by atoms with Crippen molar-refractivity contribution in [1.29, 1.82) is 0 Å². The third kappa shape index (κ3) is 9.17. The van der Waals surface area contributed by atoms with E-state index in [1.54, 1.807) is 6.92 Å². The van der Waals surface area contributed by atoms with E-state index >= 15 is 0 Å². The fraction of sp³-hybridized carbons (Fsp3) is 0.667. The Morgan fingerprint density at radius 2 is 2.00 bits per heavy atom. The Kier molecular flexibility index (Phi) is 7.44. The number of carboxylic acid groups (broad SMARTS) is 1. The van der Waals surface area contributed by atoms with Crippen LogP contribution in [0.5, 0.6) is 0 Å². The molecule has 0 aliphatic carbocycles. The molecule has 0 atom stereocenters. The molecule has 0 heterocycles. The Hall–Kier alpha value is -0.180. The smallest absolute Gasteiger partial charge is 0.303 e. The maximum absolute atomic E-state index is 9.37. The molecule has 0 aromatic carbocycles. The molecule has 3 heteroatoms. The maximum Gasteiger partial charge on any atom is 0.303 e. The fourth-order valence-electron chi connectivity index (χ4n) is 0. The Morgan fingerprint density at radius 3 is 2.00 bits per heavy atom. The molecule has 0 bridgehead atoms. The predicted molar refractivity (Wildman–Crippen MR) is 28.3 cm³/mol. The van der Waals surface area contributed by atoms with E-state index < -0.39 is 5.97 Å². The molecule has 6 heavy (non-hydrogen) atoms. The van der Waals surface area contributed by atoms with Gasteiger partial charge in [0.1, 0.15) is 0 Å². The first-order valence-electron chi connectivity index (χ1n) is 1.49. The molecule has 0 rings (SSSR count). The molecule has 0 aromatic heterocycles. The summed E-state index contributed by atoms with van der Waals surface area (Å²) in [6.07, 6.45) is 0.222. The molecule has 0 aliphatic heterocycles. The van der Waals surface area contributed by atoms with Gasteiger partial charge < -0.3 is 5.11 Å². The van der Waals surface area contributed by atoms with Gasteiger partial charge in [0, 0.05) is 6.42 Å². The molecule has 0 aromatic rings. The van der Waals surface area contributed by atoms with Crippen LogP contribution in [0.15, 0.2) is 0 Å². The van der Waals surface area contributed by atoms with Gasteiger partial charge in [0.15, 0.2) is 0 Å². The van der Waals surface area contributed by atoms with E-state index in [1.807, 2.05) is 0 Å². The summed E-state index contributed by atoms with van der Waals surface area (Å²) in [6, 6.07) is 0. The minimum atomic E-state index is -0.745. The summed E-state index contributed by atoms with van der Waals surface area (Å²) in [5.74, 6) is -0.745. The van der Waals surface area contributed by atoms with Crippen LogP contribution < -0.4 is 0 Å². The third-order valence-electron chi connectivity index (χ3n) is 0.302. The molecule has 0 radical (unpaired) electrons. The number of hydrogen-bond donors (Lipinski definition) is 1. The van der Waals surface area contributed by atoms with E-state index in [0.717, 1.165) is 0 Å². The number of carboxylic acids is 1. The Labute approximate surface area is 43.6 Å². The number of hydrogen-bond acceptors (Lipinski definition) is 1. The van der Waals surface area contributed by atoms with Crippen LogP contribution in [0, 0.1) is 0 Å². The van der Waals surface area contributed by atoms with Gasteiger partial charge in [-0.25, -0.2) is 0 Å². The highest BCUT2D eigenvalue weighted by molar-refractivity contribution is 7.59. The summed E-state index contributed by atoms with van der Waals surface area (Å²) in [5, 5.41) is 7.72. The van der Waals surface area contributed by atoms with Crippen molar-refractivity contribution in [2.24, 2.45) is 0 Å². The Bertz CT molecular complexity index is 44.1. The monoisotopic (exact) mass is 108 g/mol. The minimum Gasteiger partial charge on any atom is -0.481 e. The van der Waals surface area contributed by atoms with Crippen LogP contribution >= 0.6 is 13.5 Å². The van der Waals surface area contributed by atoms with Gasteiger partial charge in [0.2, 0.25) is 0 Å². The van der Waals surface area contributed by atoms with Gasteiger partial charge in [-0.2, -0.15) is 13.5 Å². The molecular weight excluding hydrogens is 100 g/mol. The van der Waals surface area contributed by atoms with E-state index in [4.69, 9.17) is 5.11 Å². The summed E-state index contributed by atoms with van der Waals surface area (Å²) in [7, 11) is 0. The first-order chi connectivity index (χ1) is 2.27. The van der Waals surface area contributed by atoms with Crippen molar-refractivity contribution < 1.29 is 9.90 Å². The molecule has 0 spiro atoms. The summed E-state index contributed by atoms with van der Waals surface area (Å²) in [4.78, 5) is 9.37. The van der Waals surface area contributed by atoms with Gasteiger partial charge in [-0.3, -0.25) is 4.79 Å². The van der Waals surface area contributed by atoms with Crippen LogP contribution in [0.25, 0.3) is 0 Å². The maximum atomic E-state index is 9.37. The van der Waals surface area contributed by atoms with Crippen molar-refractivity contribution >= 4 is 19.5 Å². The SMILES string of the molecule is CCC(=O)O.S. The highest BCUT2D eigenvalue weighted by atomic mass is 32.1. The van der Waals surface area contributed by atoms with Crippen LogP contribution in [0.1, 0.15) is 13.3 Å². The van der Waals surface area contributed by atoms with Crippen molar-refractivity contribution in [3.8, 4) is 0 Å². The van der Waals surface area contributed by atoms with E-state index in [-0.39, 0.29) is 19.9 Å². The highest BCUT2D eigenvalue weighted by Crippen LogP contribution is 1.67. The first kappa shape index (κ1) is 9.27. The molecule has 0 fully saturated rings.